The van der Waals surface area contributed by atoms with E-state index in [1.807, 2.05) is 20.8 Å². The average molecular weight is 340 g/mol. The second-order valence-corrected chi connectivity index (χ2v) is 7.52. The predicted molar refractivity (Wildman–Crippen MR) is 96.1 cm³/mol. The molecule has 0 aliphatic carbocycles. The number of guanidine groups is 1. The highest BCUT2D eigenvalue weighted by molar-refractivity contribution is 7.11. The number of nitrogens with zero attached hydrogens (tertiary/aromatic N) is 1. The lowest BCUT2D eigenvalue weighted by molar-refractivity contribution is 0.0527. The number of carbonyl (C=O) groups excluding carboxylic acids is 1. The Morgan fingerprint density at radius 3 is 2.48 bits per heavy atom. The van der Waals surface area contributed by atoms with Gasteiger partial charge in [0.25, 0.3) is 0 Å². The summed E-state index contributed by atoms with van der Waals surface area (Å²) in [6, 6.07) is 4.23. The number of rotatable bonds is 6. The van der Waals surface area contributed by atoms with E-state index >= 15 is 0 Å². The Labute approximate surface area is 142 Å². The van der Waals surface area contributed by atoms with E-state index in [9.17, 15) is 4.79 Å². The molecule has 0 aliphatic heterocycles. The summed E-state index contributed by atoms with van der Waals surface area (Å²) in [4.78, 5) is 18.2. The highest BCUT2D eigenvalue weighted by Crippen LogP contribution is 2.14. The minimum absolute atomic E-state index is 0.381. The van der Waals surface area contributed by atoms with Crippen LogP contribution in [0.4, 0.5) is 4.79 Å². The summed E-state index contributed by atoms with van der Waals surface area (Å²) in [5, 5.41) is 9.22. The van der Waals surface area contributed by atoms with Crippen LogP contribution in [0.2, 0.25) is 0 Å². The number of hydrogen-bond acceptors (Lipinski definition) is 4. The first kappa shape index (κ1) is 19.3. The van der Waals surface area contributed by atoms with Gasteiger partial charge in [-0.1, -0.05) is 0 Å². The summed E-state index contributed by atoms with van der Waals surface area (Å²) in [6.07, 6.45) is 0.408. The minimum Gasteiger partial charge on any atom is -0.444 e. The Bertz CT molecular complexity index is 520. The molecule has 6 nitrogen and oxygen atoms in total. The van der Waals surface area contributed by atoms with Crippen LogP contribution in [0.3, 0.4) is 0 Å². The molecule has 1 aromatic heterocycles. The number of thiophene rings is 1. The van der Waals surface area contributed by atoms with Crippen molar-refractivity contribution in [2.45, 2.75) is 46.3 Å². The Hall–Kier alpha value is -1.76. The number of hydrogen-bond donors (Lipinski definition) is 3. The third-order valence-electron chi connectivity index (χ3n) is 2.76. The van der Waals surface area contributed by atoms with Gasteiger partial charge >= 0.3 is 6.09 Å². The molecule has 130 valence electrons. The van der Waals surface area contributed by atoms with Crippen molar-refractivity contribution in [3.8, 4) is 0 Å². The number of aliphatic imine (C=N–C) groups is 1. The summed E-state index contributed by atoms with van der Waals surface area (Å²) in [6.45, 7) is 9.67. The maximum atomic E-state index is 11.5. The summed E-state index contributed by atoms with van der Waals surface area (Å²) in [5.41, 5.74) is -0.464. The van der Waals surface area contributed by atoms with Crippen molar-refractivity contribution < 1.29 is 9.53 Å². The molecule has 0 saturated carbocycles. The van der Waals surface area contributed by atoms with E-state index in [0.29, 0.717) is 6.54 Å². The molecular formula is C16H28N4O2S. The van der Waals surface area contributed by atoms with E-state index in [1.54, 1.807) is 18.4 Å². The van der Waals surface area contributed by atoms with E-state index in [-0.39, 0.29) is 6.09 Å². The predicted octanol–water partition coefficient (Wildman–Crippen LogP) is 2.64. The molecule has 0 aliphatic rings. The van der Waals surface area contributed by atoms with Gasteiger partial charge in [-0.2, -0.15) is 0 Å². The lowest BCUT2D eigenvalue weighted by atomic mass is 10.2. The minimum atomic E-state index is -0.464. The highest BCUT2D eigenvalue weighted by atomic mass is 32.1. The maximum absolute atomic E-state index is 11.5. The molecule has 0 aromatic carbocycles. The lowest BCUT2D eigenvalue weighted by Crippen LogP contribution is -2.38. The van der Waals surface area contributed by atoms with Gasteiger partial charge in [-0.3, -0.25) is 4.99 Å². The Morgan fingerprint density at radius 2 is 1.91 bits per heavy atom. The van der Waals surface area contributed by atoms with Crippen LogP contribution in [0.25, 0.3) is 0 Å². The normalized spacial score (nSPS) is 12.0. The molecule has 1 rings (SSSR count). The topological polar surface area (TPSA) is 74.8 Å². The molecule has 0 fully saturated rings. The van der Waals surface area contributed by atoms with E-state index in [1.165, 1.54) is 9.75 Å². The van der Waals surface area contributed by atoms with Crippen molar-refractivity contribution in [3.63, 3.8) is 0 Å². The number of ether oxygens (including phenoxy) is 1. The van der Waals surface area contributed by atoms with Gasteiger partial charge in [-0.05, 0) is 46.2 Å². The van der Waals surface area contributed by atoms with Crippen LogP contribution < -0.4 is 16.0 Å². The van der Waals surface area contributed by atoms with E-state index in [2.05, 4.69) is 40.0 Å². The molecule has 1 amide bonds. The molecule has 7 heteroatoms. The van der Waals surface area contributed by atoms with Crippen LogP contribution in [-0.4, -0.2) is 37.8 Å². The lowest BCUT2D eigenvalue weighted by Gasteiger charge is -2.19. The molecule has 0 radical (unpaired) electrons. The fourth-order valence-corrected chi connectivity index (χ4v) is 2.60. The van der Waals surface area contributed by atoms with E-state index in [0.717, 1.165) is 25.5 Å². The van der Waals surface area contributed by atoms with Crippen molar-refractivity contribution in [3.05, 3.63) is 21.9 Å². The third-order valence-corrected chi connectivity index (χ3v) is 3.76. The molecule has 0 spiro atoms. The molecule has 0 unspecified atom stereocenters. The SMILES string of the molecule is CN=C(NCCCNC(=O)OC(C)(C)C)NCc1ccc(C)s1. The number of alkyl carbamates (subject to hydrolysis) is 1. The molecule has 0 atom stereocenters. The monoisotopic (exact) mass is 340 g/mol. The summed E-state index contributed by atoms with van der Waals surface area (Å²) in [7, 11) is 1.74. The van der Waals surface area contributed by atoms with Crippen LogP contribution in [0.15, 0.2) is 17.1 Å². The van der Waals surface area contributed by atoms with Gasteiger partial charge < -0.3 is 20.7 Å². The van der Waals surface area contributed by atoms with Gasteiger partial charge in [0.15, 0.2) is 5.96 Å². The van der Waals surface area contributed by atoms with Crippen LogP contribution in [0, 0.1) is 6.92 Å². The standard InChI is InChI=1S/C16H28N4O2S/c1-12-7-8-13(23-12)11-20-14(17-5)18-9-6-10-19-15(21)22-16(2,3)4/h7-8H,6,9-11H2,1-5H3,(H,19,21)(H2,17,18,20). The summed E-state index contributed by atoms with van der Waals surface area (Å²) in [5.74, 6) is 0.758. The number of nitrogens with one attached hydrogen (secondary N) is 3. The second kappa shape index (κ2) is 9.39. The smallest absolute Gasteiger partial charge is 0.407 e. The first-order valence-electron chi connectivity index (χ1n) is 7.77. The summed E-state index contributed by atoms with van der Waals surface area (Å²) < 4.78 is 5.17. The number of aryl methyl sites for hydroxylation is 1. The fraction of sp³-hybridized carbons (Fsp3) is 0.625. The van der Waals surface area contributed by atoms with Crippen molar-refractivity contribution in [1.29, 1.82) is 0 Å². The zero-order valence-electron chi connectivity index (χ0n) is 14.7. The Kier molecular flexibility index (Phi) is 7.88. The summed E-state index contributed by atoms with van der Waals surface area (Å²) >= 11 is 1.77. The van der Waals surface area contributed by atoms with Crippen LogP contribution in [0.5, 0.6) is 0 Å². The molecular weight excluding hydrogens is 312 g/mol. The molecule has 1 aromatic rings. The van der Waals surface area contributed by atoms with Gasteiger partial charge in [0.1, 0.15) is 5.60 Å². The van der Waals surface area contributed by atoms with Crippen molar-refractivity contribution >= 4 is 23.4 Å². The van der Waals surface area contributed by atoms with Gasteiger partial charge in [0, 0.05) is 29.9 Å². The van der Waals surface area contributed by atoms with Crippen LogP contribution in [-0.2, 0) is 11.3 Å². The van der Waals surface area contributed by atoms with Gasteiger partial charge in [-0.25, -0.2) is 4.79 Å². The van der Waals surface area contributed by atoms with Crippen LogP contribution >= 0.6 is 11.3 Å². The second-order valence-electron chi connectivity index (χ2n) is 6.15. The van der Waals surface area contributed by atoms with Crippen molar-refractivity contribution in [2.75, 3.05) is 20.1 Å². The van der Waals surface area contributed by atoms with Gasteiger partial charge in [0.2, 0.25) is 0 Å². The number of amides is 1. The Morgan fingerprint density at radius 1 is 1.22 bits per heavy atom. The third kappa shape index (κ3) is 9.07. The first-order chi connectivity index (χ1) is 10.8. The zero-order valence-corrected chi connectivity index (χ0v) is 15.5. The quantitative estimate of drug-likeness (QED) is 0.423. The maximum Gasteiger partial charge on any atom is 0.407 e. The zero-order chi connectivity index (χ0) is 17.3. The molecule has 3 N–H and O–H groups in total. The Balaban J connectivity index is 2.14. The molecule has 0 bridgehead atoms. The highest BCUT2D eigenvalue weighted by Gasteiger charge is 2.15. The average Bonchev–Trinajstić information content (AvgIpc) is 2.85. The molecule has 0 saturated heterocycles. The van der Waals surface area contributed by atoms with E-state index in [4.69, 9.17) is 4.74 Å². The molecule has 1 heterocycles. The van der Waals surface area contributed by atoms with Gasteiger partial charge in [0.05, 0.1) is 6.54 Å². The first-order valence-corrected chi connectivity index (χ1v) is 8.58. The van der Waals surface area contributed by atoms with Gasteiger partial charge in [-0.15, -0.1) is 11.3 Å². The largest absolute Gasteiger partial charge is 0.444 e. The van der Waals surface area contributed by atoms with Crippen LogP contribution in [0.1, 0.15) is 36.9 Å². The molecule has 23 heavy (non-hydrogen) atoms. The number of carbonyl (C=O) groups is 1. The van der Waals surface area contributed by atoms with E-state index < -0.39 is 5.60 Å². The van der Waals surface area contributed by atoms with Crippen molar-refractivity contribution in [1.82, 2.24) is 16.0 Å². The van der Waals surface area contributed by atoms with Crippen molar-refractivity contribution in [2.24, 2.45) is 4.99 Å². The fourth-order valence-electron chi connectivity index (χ4n) is 1.77.